The SMILES string of the molecule is COc1ccc(-c2cc(C(=O)N3CCCCC3C(=O)NCC3CCCO3)no2)cc1. The topological polar surface area (TPSA) is 93.9 Å². The Morgan fingerprint density at radius 3 is 2.77 bits per heavy atom. The summed E-state index contributed by atoms with van der Waals surface area (Å²) in [5.74, 6) is 0.824. The van der Waals surface area contributed by atoms with Crippen molar-refractivity contribution in [1.82, 2.24) is 15.4 Å². The van der Waals surface area contributed by atoms with E-state index in [1.807, 2.05) is 24.3 Å². The van der Waals surface area contributed by atoms with E-state index in [1.54, 1.807) is 18.1 Å². The minimum absolute atomic E-state index is 0.0734. The van der Waals surface area contributed by atoms with Crippen LogP contribution in [0.5, 0.6) is 5.75 Å². The highest BCUT2D eigenvalue weighted by Crippen LogP contribution is 2.25. The molecule has 0 radical (unpaired) electrons. The molecule has 8 heteroatoms. The van der Waals surface area contributed by atoms with Gasteiger partial charge in [0.2, 0.25) is 5.91 Å². The van der Waals surface area contributed by atoms with Crippen LogP contribution in [0.25, 0.3) is 11.3 Å². The monoisotopic (exact) mass is 413 g/mol. The zero-order valence-electron chi connectivity index (χ0n) is 17.1. The van der Waals surface area contributed by atoms with Gasteiger partial charge in [0.15, 0.2) is 11.5 Å². The fourth-order valence-corrected chi connectivity index (χ4v) is 4.00. The molecule has 0 aliphatic carbocycles. The van der Waals surface area contributed by atoms with Gasteiger partial charge in [0.05, 0.1) is 13.2 Å². The van der Waals surface area contributed by atoms with Gasteiger partial charge in [0.1, 0.15) is 11.8 Å². The lowest BCUT2D eigenvalue weighted by Crippen LogP contribution is -2.52. The van der Waals surface area contributed by atoms with Crippen LogP contribution in [0.3, 0.4) is 0 Å². The third-order valence-corrected chi connectivity index (χ3v) is 5.70. The zero-order valence-corrected chi connectivity index (χ0v) is 17.1. The van der Waals surface area contributed by atoms with Crippen LogP contribution in [0, 0.1) is 0 Å². The van der Waals surface area contributed by atoms with Crippen molar-refractivity contribution in [3.8, 4) is 17.1 Å². The second kappa shape index (κ2) is 9.30. The molecular formula is C22H27N3O5. The molecule has 2 fully saturated rings. The van der Waals surface area contributed by atoms with Crippen molar-refractivity contribution in [2.45, 2.75) is 44.2 Å². The van der Waals surface area contributed by atoms with Crippen LogP contribution >= 0.6 is 0 Å². The predicted molar refractivity (Wildman–Crippen MR) is 109 cm³/mol. The summed E-state index contributed by atoms with van der Waals surface area (Å²) in [5, 5.41) is 6.92. The number of carbonyl (C=O) groups excluding carboxylic acids is 2. The van der Waals surface area contributed by atoms with E-state index in [9.17, 15) is 9.59 Å². The summed E-state index contributed by atoms with van der Waals surface area (Å²) in [5.41, 5.74) is 1.01. The molecule has 2 aliphatic heterocycles. The van der Waals surface area contributed by atoms with Crippen LogP contribution in [0.15, 0.2) is 34.9 Å². The van der Waals surface area contributed by atoms with Gasteiger partial charge in [0, 0.05) is 31.3 Å². The maximum absolute atomic E-state index is 13.1. The molecule has 1 aromatic carbocycles. The molecule has 4 rings (SSSR count). The standard InChI is InChI=1S/C22H27N3O5/c1-28-16-9-7-15(8-10-16)20-13-18(24-30-20)22(27)25-11-3-2-6-19(25)21(26)23-14-17-5-4-12-29-17/h7-10,13,17,19H,2-6,11-12,14H2,1H3,(H,23,26). The number of hydrogen-bond acceptors (Lipinski definition) is 6. The van der Waals surface area contributed by atoms with Crippen LogP contribution < -0.4 is 10.1 Å². The number of carbonyl (C=O) groups is 2. The second-order valence-corrected chi connectivity index (χ2v) is 7.70. The average Bonchev–Trinajstić information content (AvgIpc) is 3.49. The fourth-order valence-electron chi connectivity index (χ4n) is 4.00. The molecule has 2 saturated heterocycles. The number of hydrogen-bond donors (Lipinski definition) is 1. The van der Waals surface area contributed by atoms with Crippen LogP contribution in [0.1, 0.15) is 42.6 Å². The first-order valence-electron chi connectivity index (χ1n) is 10.5. The van der Waals surface area contributed by atoms with Crippen molar-refractivity contribution in [2.75, 3.05) is 26.8 Å². The summed E-state index contributed by atoms with van der Waals surface area (Å²) in [6.45, 7) is 1.77. The average molecular weight is 413 g/mol. The molecule has 0 bridgehead atoms. The highest BCUT2D eigenvalue weighted by atomic mass is 16.5. The first-order chi connectivity index (χ1) is 14.7. The fraction of sp³-hybridized carbons (Fsp3) is 0.500. The van der Waals surface area contributed by atoms with Crippen LogP contribution in [0.2, 0.25) is 0 Å². The van der Waals surface area contributed by atoms with E-state index in [0.717, 1.165) is 43.6 Å². The Morgan fingerprint density at radius 2 is 2.03 bits per heavy atom. The van der Waals surface area contributed by atoms with E-state index in [2.05, 4.69) is 10.5 Å². The minimum Gasteiger partial charge on any atom is -0.497 e. The zero-order chi connectivity index (χ0) is 20.9. The number of methoxy groups -OCH3 is 1. The number of rotatable bonds is 6. The lowest BCUT2D eigenvalue weighted by molar-refractivity contribution is -0.127. The summed E-state index contributed by atoms with van der Waals surface area (Å²) in [4.78, 5) is 27.5. The van der Waals surface area contributed by atoms with E-state index in [4.69, 9.17) is 14.0 Å². The first-order valence-corrected chi connectivity index (χ1v) is 10.5. The molecule has 2 amide bonds. The molecular weight excluding hydrogens is 386 g/mol. The van der Waals surface area contributed by atoms with Crippen molar-refractivity contribution >= 4 is 11.8 Å². The Hall–Kier alpha value is -2.87. The summed E-state index contributed by atoms with van der Waals surface area (Å²) in [7, 11) is 1.60. The molecule has 2 aromatic rings. The van der Waals surface area contributed by atoms with Gasteiger partial charge < -0.3 is 24.2 Å². The van der Waals surface area contributed by atoms with Crippen molar-refractivity contribution in [1.29, 1.82) is 0 Å². The van der Waals surface area contributed by atoms with Crippen molar-refractivity contribution < 1.29 is 23.6 Å². The number of ether oxygens (including phenoxy) is 2. The molecule has 2 aliphatic rings. The number of amides is 2. The van der Waals surface area contributed by atoms with E-state index in [-0.39, 0.29) is 23.6 Å². The number of piperidine rings is 1. The Kier molecular flexibility index (Phi) is 6.32. The second-order valence-electron chi connectivity index (χ2n) is 7.70. The Balaban J connectivity index is 1.43. The van der Waals surface area contributed by atoms with Gasteiger partial charge in [0.25, 0.3) is 5.91 Å². The lowest BCUT2D eigenvalue weighted by atomic mass is 10.0. The van der Waals surface area contributed by atoms with Gasteiger partial charge in [-0.15, -0.1) is 0 Å². The molecule has 30 heavy (non-hydrogen) atoms. The number of nitrogens with one attached hydrogen (secondary N) is 1. The van der Waals surface area contributed by atoms with Crippen LogP contribution in [0.4, 0.5) is 0 Å². The molecule has 2 atom stereocenters. The number of nitrogens with zero attached hydrogens (tertiary/aromatic N) is 2. The maximum Gasteiger partial charge on any atom is 0.276 e. The molecule has 0 spiro atoms. The van der Waals surface area contributed by atoms with Gasteiger partial charge in [-0.1, -0.05) is 5.16 Å². The summed E-state index contributed by atoms with van der Waals surface area (Å²) in [6, 6.07) is 8.46. The van der Waals surface area contributed by atoms with Crippen LogP contribution in [-0.4, -0.2) is 60.8 Å². The Bertz CT molecular complexity index is 873. The highest BCUT2D eigenvalue weighted by molar-refractivity contribution is 5.96. The third-order valence-electron chi connectivity index (χ3n) is 5.70. The van der Waals surface area contributed by atoms with E-state index < -0.39 is 6.04 Å². The summed E-state index contributed by atoms with van der Waals surface area (Å²) < 4.78 is 16.1. The minimum atomic E-state index is -0.492. The predicted octanol–water partition coefficient (Wildman–Crippen LogP) is 2.64. The third kappa shape index (κ3) is 4.48. The van der Waals surface area contributed by atoms with Gasteiger partial charge in [-0.2, -0.15) is 0 Å². The number of aromatic nitrogens is 1. The van der Waals surface area contributed by atoms with Crippen LogP contribution in [-0.2, 0) is 9.53 Å². The molecule has 8 nitrogen and oxygen atoms in total. The highest BCUT2D eigenvalue weighted by Gasteiger charge is 2.34. The molecule has 3 heterocycles. The number of benzene rings is 1. The van der Waals surface area contributed by atoms with E-state index in [0.29, 0.717) is 25.3 Å². The molecule has 1 aromatic heterocycles. The van der Waals surface area contributed by atoms with Crippen molar-refractivity contribution in [3.63, 3.8) is 0 Å². The maximum atomic E-state index is 13.1. The summed E-state index contributed by atoms with van der Waals surface area (Å²) >= 11 is 0. The first kappa shape index (κ1) is 20.4. The quantitative estimate of drug-likeness (QED) is 0.783. The van der Waals surface area contributed by atoms with Gasteiger partial charge in [-0.25, -0.2) is 0 Å². The normalized spacial score (nSPS) is 21.4. The van der Waals surface area contributed by atoms with Gasteiger partial charge in [-0.3, -0.25) is 9.59 Å². The van der Waals surface area contributed by atoms with Crippen molar-refractivity contribution in [3.05, 3.63) is 36.0 Å². The smallest absolute Gasteiger partial charge is 0.276 e. The van der Waals surface area contributed by atoms with Crippen molar-refractivity contribution in [2.24, 2.45) is 0 Å². The van der Waals surface area contributed by atoms with Gasteiger partial charge in [-0.05, 0) is 56.4 Å². The molecule has 2 unspecified atom stereocenters. The summed E-state index contributed by atoms with van der Waals surface area (Å²) in [6.07, 6.45) is 4.48. The van der Waals surface area contributed by atoms with E-state index >= 15 is 0 Å². The Labute approximate surface area is 175 Å². The lowest BCUT2D eigenvalue weighted by Gasteiger charge is -2.34. The van der Waals surface area contributed by atoms with E-state index in [1.165, 1.54) is 0 Å². The molecule has 160 valence electrons. The van der Waals surface area contributed by atoms with Gasteiger partial charge >= 0.3 is 0 Å². The molecule has 1 N–H and O–H groups in total. The Morgan fingerprint density at radius 1 is 1.20 bits per heavy atom. The largest absolute Gasteiger partial charge is 0.497 e. The molecule has 0 saturated carbocycles. The number of likely N-dealkylation sites (tertiary alicyclic amines) is 1.